The van der Waals surface area contributed by atoms with Crippen LogP contribution in [0.4, 0.5) is 10.5 Å². The van der Waals surface area contributed by atoms with Crippen molar-refractivity contribution in [2.24, 2.45) is 0 Å². The number of halogens is 1. The molecule has 1 atom stereocenters. The number of nitrogens with zero attached hydrogens (tertiary/aromatic N) is 5. The Balaban J connectivity index is 1.23. The highest BCUT2D eigenvalue weighted by Gasteiger charge is 2.28. The molecule has 0 spiro atoms. The Kier molecular flexibility index (Phi) is 7.60. The first kappa shape index (κ1) is 27.4. The maximum atomic E-state index is 13.5. The van der Waals surface area contributed by atoms with Gasteiger partial charge in [0.25, 0.3) is 5.56 Å². The summed E-state index contributed by atoms with van der Waals surface area (Å²) in [4.78, 5) is 33.4. The summed E-state index contributed by atoms with van der Waals surface area (Å²) in [5.74, 6) is 0.719. The highest BCUT2D eigenvalue weighted by molar-refractivity contribution is 6.29. The van der Waals surface area contributed by atoms with Crippen LogP contribution in [-0.4, -0.2) is 55.9 Å². The number of anilines is 1. The van der Waals surface area contributed by atoms with Gasteiger partial charge in [-0.25, -0.2) is 14.5 Å². The van der Waals surface area contributed by atoms with Gasteiger partial charge in [-0.05, 0) is 61.2 Å². The highest BCUT2D eigenvalue weighted by atomic mass is 35.5. The first-order valence-corrected chi connectivity index (χ1v) is 13.8. The van der Waals surface area contributed by atoms with Gasteiger partial charge in [-0.1, -0.05) is 40.6 Å². The van der Waals surface area contributed by atoms with E-state index in [0.717, 1.165) is 58.0 Å². The van der Waals surface area contributed by atoms with Gasteiger partial charge in [-0.2, -0.15) is 0 Å². The molecule has 0 saturated carbocycles. The summed E-state index contributed by atoms with van der Waals surface area (Å²) < 4.78 is 13.3. The summed E-state index contributed by atoms with van der Waals surface area (Å²) in [6.45, 7) is 2.52. The van der Waals surface area contributed by atoms with Gasteiger partial charge in [0, 0.05) is 30.1 Å². The lowest BCUT2D eigenvalue weighted by atomic mass is 10.0. The summed E-state index contributed by atoms with van der Waals surface area (Å²) >= 11 is 6.02. The number of ether oxygens (including phenoxy) is 2. The molecule has 0 unspecified atom stereocenters. The predicted octanol–water partition coefficient (Wildman–Crippen LogP) is 5.18. The van der Waals surface area contributed by atoms with E-state index in [1.54, 1.807) is 42.4 Å². The van der Waals surface area contributed by atoms with E-state index in [0.29, 0.717) is 17.4 Å². The van der Waals surface area contributed by atoms with E-state index < -0.39 is 6.09 Å². The third-order valence-corrected chi connectivity index (χ3v) is 7.36. The van der Waals surface area contributed by atoms with Crippen LogP contribution in [0, 0.1) is 6.92 Å². The number of rotatable bonds is 8. The minimum absolute atomic E-state index is 0.0974. The Labute approximate surface area is 246 Å². The number of nitrogens with one attached hydrogen (secondary N) is 2. The number of amides is 1. The van der Waals surface area contributed by atoms with Crippen molar-refractivity contribution in [2.45, 2.75) is 25.8 Å². The number of carbonyl (C=O) groups is 1. The van der Waals surface area contributed by atoms with Crippen molar-refractivity contribution in [1.29, 1.82) is 0 Å². The number of carbonyl (C=O) groups excluding carboxylic acids is 1. The number of pyridine rings is 1. The van der Waals surface area contributed by atoms with E-state index in [-0.39, 0.29) is 18.2 Å². The number of benzene rings is 2. The first-order chi connectivity index (χ1) is 20.4. The van der Waals surface area contributed by atoms with Crippen molar-refractivity contribution in [3.05, 3.63) is 99.6 Å². The molecule has 42 heavy (non-hydrogen) atoms. The molecule has 2 N–H and O–H groups in total. The van der Waals surface area contributed by atoms with E-state index in [1.165, 1.54) is 0 Å². The van der Waals surface area contributed by atoms with Gasteiger partial charge in [0.15, 0.2) is 5.15 Å². The lowest BCUT2D eigenvalue weighted by Gasteiger charge is -2.15. The Morgan fingerprint density at radius 1 is 1.12 bits per heavy atom. The Morgan fingerprint density at radius 3 is 2.71 bits per heavy atom. The highest BCUT2D eigenvalue weighted by Crippen LogP contribution is 2.34. The fourth-order valence-electron chi connectivity index (χ4n) is 5.21. The van der Waals surface area contributed by atoms with Crippen LogP contribution in [0.25, 0.3) is 28.1 Å². The molecule has 1 aliphatic rings. The minimum atomic E-state index is -0.543. The molecule has 5 aromatic rings. The number of aromatic amines is 1. The normalized spacial score (nSPS) is 14.1. The van der Waals surface area contributed by atoms with Gasteiger partial charge in [0.1, 0.15) is 12.4 Å². The molecule has 1 aliphatic heterocycles. The van der Waals surface area contributed by atoms with Gasteiger partial charge in [0.05, 0.1) is 36.4 Å². The fourth-order valence-corrected chi connectivity index (χ4v) is 5.34. The summed E-state index contributed by atoms with van der Waals surface area (Å²) in [6.07, 6.45) is 4.35. The van der Waals surface area contributed by atoms with Gasteiger partial charge >= 0.3 is 6.09 Å². The van der Waals surface area contributed by atoms with Gasteiger partial charge in [0.2, 0.25) is 0 Å². The topological polar surface area (TPSA) is 129 Å². The average molecular weight is 586 g/mol. The van der Waals surface area contributed by atoms with E-state index >= 15 is 0 Å². The maximum absolute atomic E-state index is 13.5. The monoisotopic (exact) mass is 585 g/mol. The molecule has 214 valence electrons. The molecule has 2 aromatic carbocycles. The fraction of sp³-hybridized carbons (Fsp3) is 0.233. The molecule has 11 nitrogen and oxygen atoms in total. The molecule has 6 rings (SSSR count). The summed E-state index contributed by atoms with van der Waals surface area (Å²) in [7, 11) is 1.54. The van der Waals surface area contributed by atoms with Gasteiger partial charge in [-0.3, -0.25) is 10.1 Å². The standard InChI is InChI=1S/C30H28ClN7O4/c1-18-3-9-25(37-17-27(31)35-36-37)23(13-18)20-14-22-8-10-26(38(22)28(39)15-20)29-32-16-24(34-29)19-4-6-21(7-5-19)33-30(40)42-12-11-41-2/h3-7,9,13-17,26H,8,10-12H2,1-2H3,(H,32,34)(H,33,40)/t26-/m0/s1. The van der Waals surface area contributed by atoms with E-state index in [4.69, 9.17) is 21.1 Å². The van der Waals surface area contributed by atoms with Crippen molar-refractivity contribution in [3.63, 3.8) is 0 Å². The molecular weight excluding hydrogens is 558 g/mol. The lowest BCUT2D eigenvalue weighted by Crippen LogP contribution is -2.23. The molecule has 4 heterocycles. The van der Waals surface area contributed by atoms with Crippen LogP contribution in [-0.2, 0) is 15.9 Å². The number of aryl methyl sites for hydroxylation is 2. The van der Waals surface area contributed by atoms with Crippen LogP contribution in [0.1, 0.15) is 29.5 Å². The second-order valence-corrected chi connectivity index (χ2v) is 10.4. The number of fused-ring (bicyclic) bond motifs is 1. The third-order valence-electron chi connectivity index (χ3n) is 7.18. The smallest absolute Gasteiger partial charge is 0.411 e. The summed E-state index contributed by atoms with van der Waals surface area (Å²) in [5.41, 5.74) is 6.71. The number of imidazole rings is 1. The van der Waals surface area contributed by atoms with Crippen molar-refractivity contribution in [2.75, 3.05) is 25.6 Å². The second-order valence-electron chi connectivity index (χ2n) is 10.0. The molecule has 3 aromatic heterocycles. The van der Waals surface area contributed by atoms with Crippen molar-refractivity contribution in [1.82, 2.24) is 29.5 Å². The Morgan fingerprint density at radius 2 is 1.95 bits per heavy atom. The average Bonchev–Trinajstić information content (AvgIpc) is 3.73. The molecule has 12 heteroatoms. The molecule has 1 amide bonds. The molecule has 0 saturated heterocycles. The second kappa shape index (κ2) is 11.6. The zero-order valence-electron chi connectivity index (χ0n) is 23.0. The number of methoxy groups -OCH3 is 1. The van der Waals surface area contributed by atoms with Crippen LogP contribution in [0.3, 0.4) is 0 Å². The van der Waals surface area contributed by atoms with Crippen molar-refractivity contribution in [3.8, 4) is 28.1 Å². The zero-order chi connectivity index (χ0) is 29.2. The zero-order valence-corrected chi connectivity index (χ0v) is 23.8. The Bertz CT molecular complexity index is 1810. The van der Waals surface area contributed by atoms with E-state index in [2.05, 4.69) is 31.7 Å². The minimum Gasteiger partial charge on any atom is -0.447 e. The summed E-state index contributed by atoms with van der Waals surface area (Å²) in [6, 6.07) is 16.8. The van der Waals surface area contributed by atoms with E-state index in [9.17, 15) is 9.59 Å². The van der Waals surface area contributed by atoms with Crippen molar-refractivity contribution >= 4 is 23.4 Å². The maximum Gasteiger partial charge on any atom is 0.411 e. The third kappa shape index (κ3) is 5.56. The molecule has 0 aliphatic carbocycles. The van der Waals surface area contributed by atoms with Crippen LogP contribution in [0.15, 0.2) is 71.8 Å². The molecule has 0 fully saturated rings. The van der Waals surface area contributed by atoms with Crippen LogP contribution in [0.5, 0.6) is 0 Å². The lowest BCUT2D eigenvalue weighted by molar-refractivity contribution is 0.107. The number of H-pyrrole nitrogens is 1. The van der Waals surface area contributed by atoms with Gasteiger partial charge in [-0.15, -0.1) is 5.10 Å². The van der Waals surface area contributed by atoms with Crippen molar-refractivity contribution < 1.29 is 14.3 Å². The van der Waals surface area contributed by atoms with Crippen LogP contribution in [0.2, 0.25) is 5.15 Å². The SMILES string of the molecule is COCCOC(=O)Nc1ccc(-c2cnc([C@@H]3CCc4cc(-c5cc(C)ccc5-n5cc(Cl)nn5)cc(=O)n43)[nH]2)cc1. The molecule has 0 radical (unpaired) electrons. The Hall–Kier alpha value is -4.74. The van der Waals surface area contributed by atoms with E-state index in [1.807, 2.05) is 41.8 Å². The quantitative estimate of drug-likeness (QED) is 0.240. The molecule has 0 bridgehead atoms. The van der Waals surface area contributed by atoms with Gasteiger partial charge < -0.3 is 19.0 Å². The number of hydrogen-bond acceptors (Lipinski definition) is 7. The molecular formula is C30H28ClN7O4. The first-order valence-electron chi connectivity index (χ1n) is 13.4. The van der Waals surface area contributed by atoms with Crippen LogP contribution < -0.4 is 10.9 Å². The number of hydrogen-bond donors (Lipinski definition) is 2. The summed E-state index contributed by atoms with van der Waals surface area (Å²) in [5, 5.41) is 11.0. The number of aromatic nitrogens is 6. The van der Waals surface area contributed by atoms with Crippen LogP contribution >= 0.6 is 11.6 Å². The predicted molar refractivity (Wildman–Crippen MR) is 158 cm³/mol. The largest absolute Gasteiger partial charge is 0.447 e.